The van der Waals surface area contributed by atoms with E-state index in [1.807, 2.05) is 19.9 Å². The van der Waals surface area contributed by atoms with Gasteiger partial charge in [0.15, 0.2) is 0 Å². The number of hydrogen-bond donors (Lipinski definition) is 0. The highest BCUT2D eigenvalue weighted by Crippen LogP contribution is 2.28. The lowest BCUT2D eigenvalue weighted by Crippen LogP contribution is -2.33. The van der Waals surface area contributed by atoms with Gasteiger partial charge in [-0.2, -0.15) is 5.26 Å². The minimum absolute atomic E-state index is 0.112. The Morgan fingerprint density at radius 1 is 1.71 bits per heavy atom. The topological polar surface area (TPSA) is 70.1 Å². The third-order valence-corrected chi connectivity index (χ3v) is 2.82. The van der Waals surface area contributed by atoms with E-state index in [0.29, 0.717) is 0 Å². The molecule has 1 saturated carbocycles. The van der Waals surface area contributed by atoms with Crippen LogP contribution in [0.3, 0.4) is 0 Å². The maximum absolute atomic E-state index is 12.1. The highest BCUT2D eigenvalue weighted by atomic mass is 16.5. The molecule has 1 aromatic rings. The van der Waals surface area contributed by atoms with Gasteiger partial charge in [0.1, 0.15) is 6.54 Å². The molecule has 1 fully saturated rings. The smallest absolute Gasteiger partial charge is 0.293 e. The van der Waals surface area contributed by atoms with E-state index in [-0.39, 0.29) is 30.2 Å². The van der Waals surface area contributed by atoms with Gasteiger partial charge in [0.05, 0.1) is 11.8 Å². The van der Waals surface area contributed by atoms with E-state index in [9.17, 15) is 4.79 Å². The van der Waals surface area contributed by atoms with E-state index < -0.39 is 0 Å². The Balaban J connectivity index is 2.14. The summed E-state index contributed by atoms with van der Waals surface area (Å²) in [5, 5.41) is 12.6. The van der Waals surface area contributed by atoms with Gasteiger partial charge in [-0.25, -0.2) is 0 Å². The third kappa shape index (κ3) is 2.47. The first-order chi connectivity index (χ1) is 8.13. The van der Waals surface area contributed by atoms with E-state index >= 15 is 0 Å². The molecule has 90 valence electrons. The van der Waals surface area contributed by atoms with Crippen molar-refractivity contribution in [1.82, 2.24) is 10.1 Å². The maximum Gasteiger partial charge on any atom is 0.293 e. The van der Waals surface area contributed by atoms with Gasteiger partial charge in [0, 0.05) is 12.1 Å². The summed E-state index contributed by atoms with van der Waals surface area (Å²) in [6.45, 7) is 4.08. The van der Waals surface area contributed by atoms with Crippen molar-refractivity contribution in [2.45, 2.75) is 38.6 Å². The number of amides is 1. The molecule has 0 atom stereocenters. The first kappa shape index (κ1) is 11.6. The first-order valence-electron chi connectivity index (χ1n) is 5.78. The average Bonchev–Trinajstić information content (AvgIpc) is 3.00. The van der Waals surface area contributed by atoms with Crippen LogP contribution in [0.2, 0.25) is 0 Å². The highest BCUT2D eigenvalue weighted by Gasteiger charge is 2.34. The Bertz CT molecular complexity index is 455. The zero-order valence-corrected chi connectivity index (χ0v) is 10.0. The van der Waals surface area contributed by atoms with Crippen LogP contribution in [-0.4, -0.2) is 28.6 Å². The summed E-state index contributed by atoms with van der Waals surface area (Å²) in [7, 11) is 0. The van der Waals surface area contributed by atoms with E-state index in [0.717, 1.165) is 18.5 Å². The molecule has 1 aliphatic rings. The number of hydrogen-bond acceptors (Lipinski definition) is 4. The summed E-state index contributed by atoms with van der Waals surface area (Å²) in [5.41, 5.74) is 0.765. The molecule has 0 radical (unpaired) electrons. The van der Waals surface area contributed by atoms with Crippen LogP contribution in [0.5, 0.6) is 0 Å². The molecule has 5 heteroatoms. The second-order valence-corrected chi connectivity index (χ2v) is 4.59. The molecule has 0 aliphatic heterocycles. The normalized spacial score (nSPS) is 14.7. The van der Waals surface area contributed by atoms with Crippen molar-refractivity contribution >= 4 is 5.91 Å². The second kappa shape index (κ2) is 4.58. The Kier molecular flexibility index (Phi) is 3.14. The predicted molar refractivity (Wildman–Crippen MR) is 60.3 cm³/mol. The van der Waals surface area contributed by atoms with Gasteiger partial charge in [-0.3, -0.25) is 4.79 Å². The fourth-order valence-electron chi connectivity index (χ4n) is 1.63. The van der Waals surface area contributed by atoms with Gasteiger partial charge in [0.25, 0.3) is 5.91 Å². The molecule has 0 saturated heterocycles. The van der Waals surface area contributed by atoms with Crippen molar-refractivity contribution < 1.29 is 9.32 Å². The summed E-state index contributed by atoms with van der Waals surface area (Å²) in [5.74, 6) is 0.231. The Hall–Kier alpha value is -1.83. The first-order valence-corrected chi connectivity index (χ1v) is 5.78. The monoisotopic (exact) mass is 233 g/mol. The lowest BCUT2D eigenvalue weighted by molar-refractivity contribution is 0.0723. The summed E-state index contributed by atoms with van der Waals surface area (Å²) < 4.78 is 5.04. The SMILES string of the molecule is CC(C)c1cc(C(=O)N(CC#N)C2CC2)on1. The molecule has 17 heavy (non-hydrogen) atoms. The highest BCUT2D eigenvalue weighted by molar-refractivity contribution is 5.92. The van der Waals surface area contributed by atoms with Gasteiger partial charge in [-0.15, -0.1) is 0 Å². The molecule has 1 heterocycles. The van der Waals surface area contributed by atoms with Gasteiger partial charge in [-0.05, 0) is 18.8 Å². The van der Waals surface area contributed by atoms with Gasteiger partial charge in [-0.1, -0.05) is 19.0 Å². The molecule has 1 amide bonds. The van der Waals surface area contributed by atoms with Crippen LogP contribution in [-0.2, 0) is 0 Å². The molecule has 5 nitrogen and oxygen atoms in total. The molecule has 0 bridgehead atoms. The molecule has 0 aromatic carbocycles. The van der Waals surface area contributed by atoms with E-state index in [4.69, 9.17) is 9.78 Å². The van der Waals surface area contributed by atoms with Crippen molar-refractivity contribution in [3.63, 3.8) is 0 Å². The van der Waals surface area contributed by atoms with Crippen LogP contribution in [0.4, 0.5) is 0 Å². The molecular weight excluding hydrogens is 218 g/mol. The van der Waals surface area contributed by atoms with Crippen molar-refractivity contribution in [3.05, 3.63) is 17.5 Å². The Morgan fingerprint density at radius 2 is 2.41 bits per heavy atom. The molecule has 2 rings (SSSR count). The number of carbonyl (C=O) groups is 1. The zero-order chi connectivity index (χ0) is 12.4. The summed E-state index contributed by atoms with van der Waals surface area (Å²) in [6.07, 6.45) is 1.94. The largest absolute Gasteiger partial charge is 0.351 e. The molecule has 0 spiro atoms. The standard InChI is InChI=1S/C12H15N3O2/c1-8(2)10-7-11(17-14-10)12(16)15(6-5-13)9-3-4-9/h7-9H,3-4,6H2,1-2H3. The molecule has 1 aromatic heterocycles. The average molecular weight is 233 g/mol. The van der Waals surface area contributed by atoms with Crippen LogP contribution < -0.4 is 0 Å². The zero-order valence-electron chi connectivity index (χ0n) is 10.0. The van der Waals surface area contributed by atoms with Gasteiger partial charge >= 0.3 is 0 Å². The Labute approximate surface area is 100.0 Å². The minimum Gasteiger partial charge on any atom is -0.351 e. The fraction of sp³-hybridized carbons (Fsp3) is 0.583. The summed E-state index contributed by atoms with van der Waals surface area (Å²) in [6, 6.07) is 3.88. The van der Waals surface area contributed by atoms with Crippen molar-refractivity contribution in [2.24, 2.45) is 0 Å². The van der Waals surface area contributed by atoms with E-state index in [1.165, 1.54) is 0 Å². The van der Waals surface area contributed by atoms with Crippen LogP contribution in [0.1, 0.15) is 48.9 Å². The molecule has 0 N–H and O–H groups in total. The number of rotatable bonds is 4. The van der Waals surface area contributed by atoms with Crippen LogP contribution >= 0.6 is 0 Å². The predicted octanol–water partition coefficient (Wildman–Crippen LogP) is 1.93. The summed E-state index contributed by atoms with van der Waals surface area (Å²) >= 11 is 0. The van der Waals surface area contributed by atoms with Crippen LogP contribution in [0.25, 0.3) is 0 Å². The molecule has 1 aliphatic carbocycles. The maximum atomic E-state index is 12.1. The number of carbonyl (C=O) groups excluding carboxylic acids is 1. The summed E-state index contributed by atoms with van der Waals surface area (Å²) in [4.78, 5) is 13.7. The van der Waals surface area contributed by atoms with Crippen molar-refractivity contribution in [3.8, 4) is 6.07 Å². The van der Waals surface area contributed by atoms with Crippen LogP contribution in [0, 0.1) is 11.3 Å². The minimum atomic E-state index is -0.228. The van der Waals surface area contributed by atoms with E-state index in [2.05, 4.69) is 5.16 Å². The lowest BCUT2D eigenvalue weighted by atomic mass is 10.1. The van der Waals surface area contributed by atoms with Crippen LogP contribution in [0.15, 0.2) is 10.6 Å². The fourth-order valence-corrected chi connectivity index (χ4v) is 1.63. The van der Waals surface area contributed by atoms with Crippen molar-refractivity contribution in [2.75, 3.05) is 6.54 Å². The molecule has 0 unspecified atom stereocenters. The Morgan fingerprint density at radius 3 is 2.88 bits per heavy atom. The number of nitriles is 1. The second-order valence-electron chi connectivity index (χ2n) is 4.59. The lowest BCUT2D eigenvalue weighted by Gasteiger charge is -2.16. The van der Waals surface area contributed by atoms with Gasteiger partial charge in [0.2, 0.25) is 5.76 Å². The number of aromatic nitrogens is 1. The quantitative estimate of drug-likeness (QED) is 0.745. The van der Waals surface area contributed by atoms with Crippen molar-refractivity contribution in [1.29, 1.82) is 5.26 Å². The third-order valence-electron chi connectivity index (χ3n) is 2.82. The number of nitrogens with zero attached hydrogens (tertiary/aromatic N) is 3. The molecular formula is C12H15N3O2. The van der Waals surface area contributed by atoms with Gasteiger partial charge < -0.3 is 9.42 Å². The van der Waals surface area contributed by atoms with E-state index in [1.54, 1.807) is 11.0 Å².